The molecule has 4 heterocycles. The van der Waals surface area contributed by atoms with Crippen molar-refractivity contribution in [2.45, 2.75) is 58.0 Å². The molecule has 2 aliphatic heterocycles. The molecule has 2 atom stereocenters. The Bertz CT molecular complexity index is 717. The molecule has 31 heavy (non-hydrogen) atoms. The smallest absolute Gasteiger partial charge is 0.170 e. The molecule has 5 rings (SSSR count). The Labute approximate surface area is 208 Å². The Morgan fingerprint density at radius 1 is 0.581 bits per heavy atom. The van der Waals surface area contributed by atoms with Crippen molar-refractivity contribution in [3.63, 3.8) is 0 Å². The third kappa shape index (κ3) is 6.44. The van der Waals surface area contributed by atoms with Gasteiger partial charge in [0.2, 0.25) is 0 Å². The van der Waals surface area contributed by atoms with Crippen LogP contribution >= 0.6 is 0 Å². The first kappa shape index (κ1) is 24.5. The van der Waals surface area contributed by atoms with Crippen molar-refractivity contribution in [2.75, 3.05) is 36.0 Å². The van der Waals surface area contributed by atoms with Crippen LogP contribution in [0.2, 0.25) is 0 Å². The fourth-order valence-corrected chi connectivity index (χ4v) is 5.17. The normalized spacial score (nSPS) is 23.0. The van der Waals surface area contributed by atoms with E-state index in [1.54, 1.807) is 0 Å². The highest BCUT2D eigenvalue weighted by atomic mass is 79.9. The molecule has 2 aromatic rings. The van der Waals surface area contributed by atoms with E-state index in [1.165, 1.54) is 82.5 Å². The second-order valence-corrected chi connectivity index (χ2v) is 9.36. The van der Waals surface area contributed by atoms with Gasteiger partial charge in [0.1, 0.15) is 0 Å². The zero-order valence-corrected chi connectivity index (χ0v) is 21.7. The Balaban J connectivity index is 0.00000136. The summed E-state index contributed by atoms with van der Waals surface area (Å²) in [6.07, 6.45) is 18.7. The number of rotatable bonds is 6. The van der Waals surface area contributed by atoms with Crippen LogP contribution in [0.15, 0.2) is 49.1 Å². The van der Waals surface area contributed by atoms with Crippen LogP contribution in [-0.4, -0.2) is 26.2 Å². The van der Waals surface area contributed by atoms with E-state index in [0.29, 0.717) is 0 Å². The van der Waals surface area contributed by atoms with Crippen LogP contribution in [0.4, 0.5) is 11.4 Å². The number of nitrogens with zero attached hydrogens (tertiary/aromatic N) is 4. The topological polar surface area (TPSA) is 14.2 Å². The minimum Gasteiger partial charge on any atom is -1.00 e. The third-order valence-corrected chi connectivity index (χ3v) is 7.15. The van der Waals surface area contributed by atoms with Crippen molar-refractivity contribution in [2.24, 2.45) is 11.8 Å². The Kier molecular flexibility index (Phi) is 9.20. The molecule has 0 N–H and O–H groups in total. The van der Waals surface area contributed by atoms with Crippen LogP contribution < -0.4 is 52.9 Å². The summed E-state index contributed by atoms with van der Waals surface area (Å²) in [4.78, 5) is 5.08. The summed E-state index contributed by atoms with van der Waals surface area (Å²) in [6, 6.07) is 9.26. The van der Waals surface area contributed by atoms with Crippen molar-refractivity contribution in [3.8, 4) is 0 Å². The number of hydrogen-bond acceptors (Lipinski definition) is 2. The summed E-state index contributed by atoms with van der Waals surface area (Å²) < 4.78 is 4.78. The van der Waals surface area contributed by atoms with E-state index in [9.17, 15) is 0 Å². The molecule has 170 valence electrons. The molecule has 3 fully saturated rings. The van der Waals surface area contributed by atoms with E-state index in [0.717, 1.165) is 24.9 Å². The van der Waals surface area contributed by atoms with E-state index in [-0.39, 0.29) is 34.0 Å². The molecule has 3 aliphatic rings. The van der Waals surface area contributed by atoms with Gasteiger partial charge in [-0.25, -0.2) is 9.13 Å². The predicted octanol–water partition coefficient (Wildman–Crippen LogP) is -2.41. The highest BCUT2D eigenvalue weighted by Crippen LogP contribution is 2.39. The lowest BCUT2D eigenvalue weighted by atomic mass is 10.1. The van der Waals surface area contributed by atoms with Crippen molar-refractivity contribution in [1.82, 2.24) is 0 Å². The van der Waals surface area contributed by atoms with Crippen LogP contribution in [0, 0.1) is 11.8 Å². The molecule has 2 saturated heterocycles. The van der Waals surface area contributed by atoms with E-state index in [1.807, 2.05) is 0 Å². The van der Waals surface area contributed by atoms with Gasteiger partial charge < -0.3 is 43.8 Å². The Morgan fingerprint density at radius 2 is 0.935 bits per heavy atom. The largest absolute Gasteiger partial charge is 1.00 e. The second-order valence-electron chi connectivity index (χ2n) is 9.36. The van der Waals surface area contributed by atoms with Gasteiger partial charge >= 0.3 is 0 Å². The van der Waals surface area contributed by atoms with Gasteiger partial charge in [-0.05, 0) is 44.9 Å². The van der Waals surface area contributed by atoms with Crippen molar-refractivity contribution >= 4 is 11.4 Å². The van der Waals surface area contributed by atoms with Crippen molar-refractivity contribution in [3.05, 3.63) is 49.1 Å². The molecule has 0 amide bonds. The van der Waals surface area contributed by atoms with Gasteiger partial charge in [0.25, 0.3) is 0 Å². The van der Waals surface area contributed by atoms with Gasteiger partial charge in [0, 0.05) is 73.7 Å². The molecule has 0 radical (unpaired) electrons. The van der Waals surface area contributed by atoms with Crippen LogP contribution in [0.3, 0.4) is 0 Å². The summed E-state index contributed by atoms with van der Waals surface area (Å²) in [5.41, 5.74) is 2.80. The molecule has 0 aromatic carbocycles. The number of anilines is 2. The summed E-state index contributed by atoms with van der Waals surface area (Å²) in [5, 5.41) is 0. The molecule has 0 bridgehead atoms. The first-order valence-electron chi connectivity index (χ1n) is 11.8. The zero-order valence-electron chi connectivity index (χ0n) is 18.5. The molecular formula is C25H36Br2N4. The molecule has 4 nitrogen and oxygen atoms in total. The second kappa shape index (κ2) is 11.6. The molecule has 2 aromatic heterocycles. The van der Waals surface area contributed by atoms with Crippen LogP contribution in [0.5, 0.6) is 0 Å². The van der Waals surface area contributed by atoms with E-state index in [4.69, 9.17) is 0 Å². The van der Waals surface area contributed by atoms with Gasteiger partial charge in [-0.2, -0.15) is 0 Å². The zero-order chi connectivity index (χ0) is 19.5. The fourth-order valence-electron chi connectivity index (χ4n) is 5.17. The van der Waals surface area contributed by atoms with E-state index < -0.39 is 0 Å². The lowest BCUT2D eigenvalue weighted by Gasteiger charge is -2.28. The van der Waals surface area contributed by atoms with Gasteiger partial charge in [0.05, 0.1) is 0 Å². The maximum absolute atomic E-state index is 2.54. The van der Waals surface area contributed by atoms with Gasteiger partial charge in [-0.15, -0.1) is 0 Å². The van der Waals surface area contributed by atoms with Gasteiger partial charge in [0.15, 0.2) is 37.9 Å². The summed E-state index contributed by atoms with van der Waals surface area (Å²) in [6.45, 7) is 7.23. The minimum absolute atomic E-state index is 0. The van der Waals surface area contributed by atoms with Crippen LogP contribution in [-0.2, 0) is 13.1 Å². The number of piperidine rings is 2. The van der Waals surface area contributed by atoms with E-state index >= 15 is 0 Å². The molecule has 1 aliphatic carbocycles. The molecule has 6 heteroatoms. The minimum atomic E-state index is 0. The molecule has 1 saturated carbocycles. The monoisotopic (exact) mass is 550 g/mol. The number of hydrogen-bond donors (Lipinski definition) is 0. The predicted molar refractivity (Wildman–Crippen MR) is 117 cm³/mol. The first-order chi connectivity index (χ1) is 14.3. The van der Waals surface area contributed by atoms with Gasteiger partial charge in [-0.1, -0.05) is 0 Å². The lowest BCUT2D eigenvalue weighted by molar-refractivity contribution is -0.709. The average molecular weight is 552 g/mol. The summed E-state index contributed by atoms with van der Waals surface area (Å²) in [7, 11) is 0. The standard InChI is InChI=1S/C25H36N4.2BrH/c1-3-11-28(12-4-1)24-7-15-26(16-8-24)20-22-19-23(22)21-27-17-9-25(10-18-27)29-13-5-2-6-14-29;;/h7-10,15-18,22-23H,1-6,11-14,19-21H2;2*1H/q+2;;/p-2/t22-,23-;;/m0../s1. The molecule has 0 spiro atoms. The first-order valence-corrected chi connectivity index (χ1v) is 11.8. The molecular weight excluding hydrogens is 516 g/mol. The highest BCUT2D eigenvalue weighted by Gasteiger charge is 2.42. The maximum Gasteiger partial charge on any atom is 0.170 e. The summed E-state index contributed by atoms with van der Waals surface area (Å²) in [5.74, 6) is 1.66. The number of halogens is 2. The Morgan fingerprint density at radius 3 is 1.29 bits per heavy atom. The van der Waals surface area contributed by atoms with E-state index in [2.05, 4.69) is 68.0 Å². The number of pyridine rings is 2. The quantitative estimate of drug-likeness (QED) is 0.371. The lowest BCUT2D eigenvalue weighted by Crippen LogP contribution is -3.00. The maximum atomic E-state index is 2.54. The number of aromatic nitrogens is 2. The van der Waals surface area contributed by atoms with Crippen LogP contribution in [0.1, 0.15) is 44.9 Å². The van der Waals surface area contributed by atoms with Gasteiger partial charge in [-0.3, -0.25) is 0 Å². The average Bonchev–Trinajstić information content (AvgIpc) is 3.53. The fraction of sp³-hybridized carbons (Fsp3) is 0.600. The van der Waals surface area contributed by atoms with Crippen LogP contribution in [0.25, 0.3) is 0 Å². The molecule has 0 unspecified atom stereocenters. The highest BCUT2D eigenvalue weighted by molar-refractivity contribution is 5.44. The third-order valence-electron chi connectivity index (χ3n) is 7.15. The SMILES string of the molecule is [Br-].[Br-].c1c[n+](C[C@@H]2C[C@H]2C[n+]2ccc(N3CCCCC3)cc2)ccc1N1CCCCC1. The van der Waals surface area contributed by atoms with Crippen molar-refractivity contribution in [1.29, 1.82) is 0 Å². The van der Waals surface area contributed by atoms with Crippen molar-refractivity contribution < 1.29 is 43.1 Å². The Hall–Kier alpha value is -1.14. The summed E-state index contributed by atoms with van der Waals surface area (Å²) >= 11 is 0.